The van der Waals surface area contributed by atoms with Gasteiger partial charge in [-0.05, 0) is 62.1 Å². The minimum atomic E-state index is 0.524. The van der Waals surface area contributed by atoms with E-state index in [1.165, 1.54) is 43.4 Å². The number of imidazole rings is 2. The topological polar surface area (TPSA) is 122 Å². The molecule has 0 aliphatic carbocycles. The Morgan fingerprint density at radius 1 is 0.574 bits per heavy atom. The van der Waals surface area contributed by atoms with Crippen molar-refractivity contribution >= 4 is 72.7 Å². The lowest BCUT2D eigenvalue weighted by Crippen LogP contribution is -2.17. The van der Waals surface area contributed by atoms with Crippen LogP contribution in [0.4, 0.5) is 22.7 Å². The maximum Gasteiger partial charge on any atom is 0.240 e. The van der Waals surface area contributed by atoms with E-state index in [2.05, 4.69) is 75.9 Å². The van der Waals surface area contributed by atoms with Gasteiger partial charge >= 0.3 is 0 Å². The smallest absolute Gasteiger partial charge is 0.240 e. The maximum absolute atomic E-state index is 5.09. The van der Waals surface area contributed by atoms with Crippen molar-refractivity contribution in [2.75, 3.05) is 60.7 Å². The lowest BCUT2D eigenvalue weighted by atomic mass is 10.2. The zero-order valence-electron chi connectivity index (χ0n) is 26.3. The van der Waals surface area contributed by atoms with Gasteiger partial charge in [0.1, 0.15) is 19.0 Å². The van der Waals surface area contributed by atoms with Crippen molar-refractivity contribution in [3.05, 3.63) is 55.4 Å². The zero-order valence-corrected chi connectivity index (χ0v) is 26.3. The molecule has 2 aliphatic heterocycles. The first-order valence-corrected chi connectivity index (χ1v) is 16.3. The molecule has 2 N–H and O–H groups in total. The van der Waals surface area contributed by atoms with E-state index in [-0.39, 0.29) is 0 Å². The van der Waals surface area contributed by atoms with E-state index in [0.717, 1.165) is 87.5 Å². The average molecular weight is 624 g/mol. The molecule has 7 heterocycles. The molecule has 2 fully saturated rings. The molecular weight excluding hydrogens is 590 g/mol. The number of hydrogen-bond donors (Lipinski definition) is 2. The van der Waals surface area contributed by atoms with Gasteiger partial charge in [0.2, 0.25) is 11.6 Å². The van der Waals surface area contributed by atoms with Gasteiger partial charge in [0.05, 0.1) is 39.0 Å². The average Bonchev–Trinajstić information content (AvgIpc) is 3.95. The van der Waals surface area contributed by atoms with E-state index >= 15 is 0 Å². The second-order valence-electron chi connectivity index (χ2n) is 12.5. The fourth-order valence-electron chi connectivity index (χ4n) is 7.73. The monoisotopic (exact) mass is 623 g/mol. The van der Waals surface area contributed by atoms with Crippen molar-refractivity contribution in [3.8, 4) is 11.6 Å². The van der Waals surface area contributed by atoms with Gasteiger partial charge in [0.15, 0.2) is 11.6 Å². The number of fused-ring (bicyclic) bond motifs is 2. The third-order valence-electron chi connectivity index (χ3n) is 9.98. The summed E-state index contributed by atoms with van der Waals surface area (Å²) in [4.78, 5) is 34.0. The van der Waals surface area contributed by atoms with Crippen LogP contribution in [0.2, 0.25) is 0 Å². The van der Waals surface area contributed by atoms with Crippen molar-refractivity contribution in [1.29, 1.82) is 0 Å². The van der Waals surface area contributed by atoms with Crippen molar-refractivity contribution < 1.29 is 0 Å². The predicted molar refractivity (Wildman–Crippen MR) is 186 cm³/mol. The van der Waals surface area contributed by atoms with Gasteiger partial charge in [0, 0.05) is 62.4 Å². The number of nitrogens with one attached hydrogen (secondary N) is 2. The molecule has 2 aliphatic rings. The first-order chi connectivity index (χ1) is 23.2. The summed E-state index contributed by atoms with van der Waals surface area (Å²) in [5, 5.41) is 8.78. The van der Waals surface area contributed by atoms with E-state index in [1.807, 2.05) is 31.2 Å². The van der Waals surface area contributed by atoms with Crippen molar-refractivity contribution in [2.24, 2.45) is 0 Å². The van der Waals surface area contributed by atoms with E-state index in [4.69, 9.17) is 19.9 Å². The second kappa shape index (κ2) is 9.89. The first kappa shape index (κ1) is 26.5. The largest absolute Gasteiger partial charge is 0.386 e. The van der Waals surface area contributed by atoms with E-state index in [1.54, 1.807) is 0 Å². The Hall–Kier alpha value is -5.72. The molecule has 13 heteroatoms. The highest BCUT2D eigenvalue weighted by molar-refractivity contribution is 6.08. The van der Waals surface area contributed by atoms with Crippen LogP contribution < -0.4 is 20.4 Å². The zero-order chi connectivity index (χ0) is 31.2. The second-order valence-corrected chi connectivity index (χ2v) is 12.5. The van der Waals surface area contributed by atoms with E-state index < -0.39 is 0 Å². The van der Waals surface area contributed by atoms with Gasteiger partial charge in [-0.2, -0.15) is 9.97 Å². The molecule has 0 spiro atoms. The third kappa shape index (κ3) is 3.76. The molecule has 0 unspecified atom stereocenters. The molecule has 3 aromatic carbocycles. The van der Waals surface area contributed by atoms with E-state index in [0.29, 0.717) is 11.6 Å². The summed E-state index contributed by atoms with van der Waals surface area (Å²) in [6.07, 6.45) is 10.1. The van der Waals surface area contributed by atoms with Crippen molar-refractivity contribution in [2.45, 2.75) is 25.7 Å². The van der Waals surface area contributed by atoms with Gasteiger partial charge in [-0.25, -0.2) is 24.3 Å². The van der Waals surface area contributed by atoms with Gasteiger partial charge < -0.3 is 20.4 Å². The number of rotatable bonds is 6. The third-order valence-corrected chi connectivity index (χ3v) is 9.98. The standard InChI is InChI=1S/C34H33N13/c1-35-24-13-20(43-9-3-4-10-43)15-26-29(24)45(18-39-26)31-22-7-8-23-28(22)47-33(41-31)37-17-38-34(47)42-32(23)46-19-40-27-16-21(44-11-5-6-12-44)14-25(36-2)30(27)46/h7-8,13-19,35-36H,3-6,9-12H2,1-2H3. The Bertz CT molecular complexity index is 2310. The van der Waals surface area contributed by atoms with Crippen LogP contribution in [0.5, 0.6) is 0 Å². The van der Waals surface area contributed by atoms with Crippen LogP contribution in [0, 0.1) is 0 Å². The summed E-state index contributed by atoms with van der Waals surface area (Å²) >= 11 is 0. The van der Waals surface area contributed by atoms with Gasteiger partial charge in [0.25, 0.3) is 0 Å². The summed E-state index contributed by atoms with van der Waals surface area (Å²) in [7, 11) is 3.92. The summed E-state index contributed by atoms with van der Waals surface area (Å²) in [6.45, 7) is 4.29. The number of hydrogen-bond acceptors (Lipinski definition) is 10. The Labute approximate surface area is 269 Å². The molecule has 2 saturated heterocycles. The normalized spacial score (nSPS) is 15.5. The molecule has 0 amide bonds. The Kier molecular flexibility index (Phi) is 5.57. The van der Waals surface area contributed by atoms with Crippen molar-refractivity contribution in [3.63, 3.8) is 0 Å². The lowest BCUT2D eigenvalue weighted by molar-refractivity contribution is 0.949. The molecule has 10 rings (SSSR count). The quantitative estimate of drug-likeness (QED) is 0.255. The van der Waals surface area contributed by atoms with Crippen LogP contribution in [0.3, 0.4) is 0 Å². The molecule has 0 saturated carbocycles. The first-order valence-electron chi connectivity index (χ1n) is 16.3. The molecule has 234 valence electrons. The van der Waals surface area contributed by atoms with Crippen LogP contribution in [0.25, 0.3) is 61.5 Å². The predicted octanol–water partition coefficient (Wildman–Crippen LogP) is 5.23. The SMILES string of the molecule is CNc1cc(N2CCCC2)cc2ncn(-c3nc4ncnc5nc(-n6cnc7cc(N8CCCC8)cc(NC)c76)c6ccc3c6n45)c12. The number of anilines is 4. The Morgan fingerprint density at radius 2 is 1.04 bits per heavy atom. The molecular formula is C34H33N13. The number of aromatic nitrogens is 9. The van der Waals surface area contributed by atoms with Gasteiger partial charge in [-0.3, -0.25) is 9.13 Å². The summed E-state index contributed by atoms with van der Waals surface area (Å²) in [5.74, 6) is 2.56. The highest BCUT2D eigenvalue weighted by Crippen LogP contribution is 2.38. The maximum atomic E-state index is 5.09. The van der Waals surface area contributed by atoms with E-state index in [9.17, 15) is 0 Å². The summed E-state index contributed by atoms with van der Waals surface area (Å²) in [5.41, 5.74) is 9.15. The van der Waals surface area contributed by atoms with Crippen molar-refractivity contribution in [1.82, 2.24) is 43.4 Å². The molecule has 8 aromatic rings. The molecule has 0 bridgehead atoms. The lowest BCUT2D eigenvalue weighted by Gasteiger charge is -2.20. The molecule has 0 radical (unpaired) electrons. The molecule has 47 heavy (non-hydrogen) atoms. The number of nitrogens with zero attached hydrogens (tertiary/aromatic N) is 11. The minimum absolute atomic E-state index is 0.524. The highest BCUT2D eigenvalue weighted by atomic mass is 15.3. The van der Waals surface area contributed by atoms with Crippen LogP contribution in [-0.4, -0.2) is 83.7 Å². The van der Waals surface area contributed by atoms with Crippen LogP contribution in [0.15, 0.2) is 55.4 Å². The van der Waals surface area contributed by atoms with Gasteiger partial charge in [-0.15, -0.1) is 0 Å². The summed E-state index contributed by atoms with van der Waals surface area (Å²) in [6, 6.07) is 13.1. The fourth-order valence-corrected chi connectivity index (χ4v) is 7.73. The highest BCUT2D eigenvalue weighted by Gasteiger charge is 2.25. The van der Waals surface area contributed by atoms with Crippen LogP contribution in [0.1, 0.15) is 25.7 Å². The van der Waals surface area contributed by atoms with Gasteiger partial charge in [-0.1, -0.05) is 0 Å². The number of benzene rings is 2. The summed E-state index contributed by atoms with van der Waals surface area (Å²) < 4.78 is 6.10. The minimum Gasteiger partial charge on any atom is -0.386 e. The Balaban J connectivity index is 1.20. The molecule has 0 atom stereocenters. The fraction of sp³-hybridized carbons (Fsp3) is 0.294. The molecule has 5 aromatic heterocycles. The van der Waals surface area contributed by atoms with Crippen LogP contribution in [-0.2, 0) is 0 Å². The molecule has 13 nitrogen and oxygen atoms in total. The Morgan fingerprint density at radius 3 is 1.49 bits per heavy atom. The van der Waals surface area contributed by atoms with Crippen LogP contribution >= 0.6 is 0 Å².